The number of hydrogen-bond donors (Lipinski definition) is 1. The van der Waals surface area contributed by atoms with E-state index in [-0.39, 0.29) is 6.04 Å². The normalized spacial score (nSPS) is 12.1. The SMILES string of the molecule is CCCNC(C)c1ccc(C)cc1OCc1ccncc1. The molecule has 2 aromatic rings. The van der Waals surface area contributed by atoms with Crippen molar-refractivity contribution in [1.82, 2.24) is 10.3 Å². The fraction of sp³-hybridized carbons (Fsp3) is 0.389. The maximum Gasteiger partial charge on any atom is 0.124 e. The molecule has 2 rings (SSSR count). The molecule has 0 amide bonds. The molecule has 1 aromatic carbocycles. The van der Waals surface area contributed by atoms with Gasteiger partial charge >= 0.3 is 0 Å². The highest BCUT2D eigenvalue weighted by Crippen LogP contribution is 2.27. The lowest BCUT2D eigenvalue weighted by Gasteiger charge is -2.19. The van der Waals surface area contributed by atoms with Crippen LogP contribution in [0.4, 0.5) is 0 Å². The van der Waals surface area contributed by atoms with Gasteiger partial charge in [0.2, 0.25) is 0 Å². The summed E-state index contributed by atoms with van der Waals surface area (Å²) < 4.78 is 6.04. The van der Waals surface area contributed by atoms with Crippen LogP contribution in [0.5, 0.6) is 5.75 Å². The second kappa shape index (κ2) is 7.79. The summed E-state index contributed by atoms with van der Waals surface area (Å²) in [5.41, 5.74) is 3.56. The first-order valence-electron chi connectivity index (χ1n) is 7.56. The molecule has 21 heavy (non-hydrogen) atoms. The Hall–Kier alpha value is -1.87. The van der Waals surface area contributed by atoms with Gasteiger partial charge in [-0.3, -0.25) is 4.98 Å². The lowest BCUT2D eigenvalue weighted by molar-refractivity contribution is 0.299. The van der Waals surface area contributed by atoms with Crippen molar-refractivity contribution in [2.75, 3.05) is 6.54 Å². The number of nitrogens with one attached hydrogen (secondary N) is 1. The molecule has 0 aliphatic rings. The molecule has 0 aliphatic heterocycles. The standard InChI is InChI=1S/C18H24N2O/c1-4-9-20-15(3)17-6-5-14(2)12-18(17)21-13-16-7-10-19-11-8-16/h5-8,10-12,15,20H,4,9,13H2,1-3H3. The molecular weight excluding hydrogens is 260 g/mol. The van der Waals surface area contributed by atoms with E-state index in [2.05, 4.69) is 49.3 Å². The molecule has 0 saturated carbocycles. The third-order valence-corrected chi connectivity index (χ3v) is 3.48. The number of pyridine rings is 1. The molecule has 0 fully saturated rings. The maximum atomic E-state index is 6.04. The number of aromatic nitrogens is 1. The van der Waals surface area contributed by atoms with Gasteiger partial charge in [-0.15, -0.1) is 0 Å². The van der Waals surface area contributed by atoms with Crippen molar-refractivity contribution in [1.29, 1.82) is 0 Å². The van der Waals surface area contributed by atoms with Gasteiger partial charge in [-0.2, -0.15) is 0 Å². The highest BCUT2D eigenvalue weighted by Gasteiger charge is 2.11. The third kappa shape index (κ3) is 4.57. The number of aryl methyl sites for hydroxylation is 1. The van der Waals surface area contributed by atoms with E-state index >= 15 is 0 Å². The lowest BCUT2D eigenvalue weighted by Crippen LogP contribution is -2.20. The molecule has 1 heterocycles. The fourth-order valence-electron chi connectivity index (χ4n) is 2.24. The van der Waals surface area contributed by atoms with Crippen LogP contribution in [0, 0.1) is 6.92 Å². The summed E-state index contributed by atoms with van der Waals surface area (Å²) in [5, 5.41) is 3.52. The first-order chi connectivity index (χ1) is 10.2. The van der Waals surface area contributed by atoms with E-state index in [1.165, 1.54) is 11.1 Å². The minimum Gasteiger partial charge on any atom is -0.489 e. The Bertz CT molecular complexity index is 554. The Kier molecular flexibility index (Phi) is 5.76. The maximum absolute atomic E-state index is 6.04. The van der Waals surface area contributed by atoms with Crippen molar-refractivity contribution in [2.45, 2.75) is 39.8 Å². The first-order valence-corrected chi connectivity index (χ1v) is 7.56. The highest BCUT2D eigenvalue weighted by molar-refractivity contribution is 5.39. The molecule has 0 radical (unpaired) electrons. The number of rotatable bonds is 7. The predicted molar refractivity (Wildman–Crippen MR) is 86.5 cm³/mol. The third-order valence-electron chi connectivity index (χ3n) is 3.48. The van der Waals surface area contributed by atoms with Gasteiger partial charge in [0.25, 0.3) is 0 Å². The van der Waals surface area contributed by atoms with E-state index in [4.69, 9.17) is 4.74 Å². The smallest absolute Gasteiger partial charge is 0.124 e. The second-order valence-electron chi connectivity index (χ2n) is 5.36. The molecule has 0 spiro atoms. The zero-order valence-electron chi connectivity index (χ0n) is 13.1. The van der Waals surface area contributed by atoms with Crippen LogP contribution in [0.25, 0.3) is 0 Å². The zero-order chi connectivity index (χ0) is 15.1. The molecule has 0 bridgehead atoms. The molecule has 3 nitrogen and oxygen atoms in total. The molecule has 1 unspecified atom stereocenters. The van der Waals surface area contributed by atoms with E-state index in [1.807, 2.05) is 12.1 Å². The van der Waals surface area contributed by atoms with Crippen LogP contribution in [-0.4, -0.2) is 11.5 Å². The predicted octanol–water partition coefficient (Wildman–Crippen LogP) is 4.03. The molecule has 3 heteroatoms. The molecular formula is C18H24N2O. The summed E-state index contributed by atoms with van der Waals surface area (Å²) in [4.78, 5) is 4.03. The van der Waals surface area contributed by atoms with Gasteiger partial charge in [0.1, 0.15) is 12.4 Å². The molecule has 1 N–H and O–H groups in total. The van der Waals surface area contributed by atoms with Crippen molar-refractivity contribution in [2.24, 2.45) is 0 Å². The first kappa shape index (κ1) is 15.5. The summed E-state index contributed by atoms with van der Waals surface area (Å²) in [6.45, 7) is 8.03. The Labute approximate surface area is 127 Å². The van der Waals surface area contributed by atoms with Gasteiger partial charge in [0.05, 0.1) is 0 Å². The number of hydrogen-bond acceptors (Lipinski definition) is 3. The minimum absolute atomic E-state index is 0.290. The van der Waals surface area contributed by atoms with Crippen LogP contribution in [0.3, 0.4) is 0 Å². The Morgan fingerprint density at radius 2 is 1.95 bits per heavy atom. The zero-order valence-corrected chi connectivity index (χ0v) is 13.1. The van der Waals surface area contributed by atoms with Crippen LogP contribution in [0.2, 0.25) is 0 Å². The summed E-state index contributed by atoms with van der Waals surface area (Å²) in [6, 6.07) is 10.7. The summed E-state index contributed by atoms with van der Waals surface area (Å²) >= 11 is 0. The second-order valence-corrected chi connectivity index (χ2v) is 5.36. The minimum atomic E-state index is 0.290. The van der Waals surface area contributed by atoms with Crippen LogP contribution in [0.15, 0.2) is 42.7 Å². The van der Waals surface area contributed by atoms with E-state index in [0.717, 1.165) is 24.3 Å². The van der Waals surface area contributed by atoms with Crippen molar-refractivity contribution in [3.05, 3.63) is 59.4 Å². The topological polar surface area (TPSA) is 34.1 Å². The quantitative estimate of drug-likeness (QED) is 0.833. The van der Waals surface area contributed by atoms with E-state index in [9.17, 15) is 0 Å². The van der Waals surface area contributed by atoms with Crippen LogP contribution >= 0.6 is 0 Å². The number of ether oxygens (including phenoxy) is 1. The average molecular weight is 284 g/mol. The van der Waals surface area contributed by atoms with Crippen molar-refractivity contribution < 1.29 is 4.74 Å². The fourth-order valence-corrected chi connectivity index (χ4v) is 2.24. The Morgan fingerprint density at radius 1 is 1.19 bits per heavy atom. The molecule has 1 aromatic heterocycles. The molecule has 0 saturated heterocycles. The average Bonchev–Trinajstić information content (AvgIpc) is 2.51. The van der Waals surface area contributed by atoms with Crippen molar-refractivity contribution >= 4 is 0 Å². The molecule has 1 atom stereocenters. The van der Waals surface area contributed by atoms with Gasteiger partial charge < -0.3 is 10.1 Å². The van der Waals surface area contributed by atoms with Crippen LogP contribution < -0.4 is 10.1 Å². The lowest BCUT2D eigenvalue weighted by atomic mass is 10.0. The van der Waals surface area contributed by atoms with Crippen molar-refractivity contribution in [3.8, 4) is 5.75 Å². The highest BCUT2D eigenvalue weighted by atomic mass is 16.5. The molecule has 0 aliphatic carbocycles. The van der Waals surface area contributed by atoms with Gasteiger partial charge in [-0.1, -0.05) is 19.1 Å². The van der Waals surface area contributed by atoms with E-state index in [1.54, 1.807) is 12.4 Å². The van der Waals surface area contributed by atoms with Gasteiger partial charge in [0.15, 0.2) is 0 Å². The Balaban J connectivity index is 2.11. The van der Waals surface area contributed by atoms with Crippen molar-refractivity contribution in [3.63, 3.8) is 0 Å². The monoisotopic (exact) mass is 284 g/mol. The summed E-state index contributed by atoms with van der Waals surface area (Å²) in [5.74, 6) is 0.961. The largest absolute Gasteiger partial charge is 0.489 e. The summed E-state index contributed by atoms with van der Waals surface area (Å²) in [7, 11) is 0. The van der Waals surface area contributed by atoms with E-state index in [0.29, 0.717) is 6.61 Å². The van der Waals surface area contributed by atoms with Gasteiger partial charge in [-0.25, -0.2) is 0 Å². The van der Waals surface area contributed by atoms with Crippen LogP contribution in [0.1, 0.15) is 43.0 Å². The number of benzene rings is 1. The van der Waals surface area contributed by atoms with Gasteiger partial charge in [0, 0.05) is 24.0 Å². The van der Waals surface area contributed by atoms with Crippen LogP contribution in [-0.2, 0) is 6.61 Å². The Morgan fingerprint density at radius 3 is 2.67 bits per heavy atom. The number of nitrogens with zero attached hydrogens (tertiary/aromatic N) is 1. The molecule has 112 valence electrons. The van der Waals surface area contributed by atoms with E-state index < -0.39 is 0 Å². The van der Waals surface area contributed by atoms with Gasteiger partial charge in [-0.05, 0) is 56.1 Å². The summed E-state index contributed by atoms with van der Waals surface area (Å²) in [6.07, 6.45) is 4.71.